The molecule has 0 saturated carbocycles. The lowest BCUT2D eigenvalue weighted by Crippen LogP contribution is -2.61. The molecule has 0 aromatic heterocycles. The molecule has 5 nitrogen and oxygen atoms in total. The highest BCUT2D eigenvalue weighted by Crippen LogP contribution is 2.55. The van der Waals surface area contributed by atoms with Gasteiger partial charge in [-0.15, -0.1) is 0 Å². The number of benzene rings is 5. The number of aldehydes is 1. The fraction of sp³-hybridized carbons (Fsp3) is 0.171. The van der Waals surface area contributed by atoms with Gasteiger partial charge in [0.2, 0.25) is 5.72 Å². The van der Waals surface area contributed by atoms with Gasteiger partial charge in [-0.05, 0) is 60.4 Å². The number of ether oxygens (including phenoxy) is 1. The average Bonchev–Trinajstić information content (AvgIpc) is 3.13. The number of fused-ring (bicyclic) bond motifs is 5. The molecule has 1 spiro atoms. The van der Waals surface area contributed by atoms with E-state index < -0.39 is 5.72 Å². The smallest absolute Gasteiger partial charge is 0.228 e. The molecule has 5 heteroatoms. The third-order valence-corrected chi connectivity index (χ3v) is 8.82. The van der Waals surface area contributed by atoms with Crippen molar-refractivity contribution in [2.75, 3.05) is 11.9 Å². The predicted octanol–water partition coefficient (Wildman–Crippen LogP) is 7.89. The molecule has 0 N–H and O–H groups in total. The van der Waals surface area contributed by atoms with Crippen molar-refractivity contribution in [1.82, 2.24) is 0 Å². The van der Waals surface area contributed by atoms with Gasteiger partial charge in [0, 0.05) is 34.6 Å². The lowest BCUT2D eigenvalue weighted by molar-refractivity contribution is 0.0827. The van der Waals surface area contributed by atoms with Crippen LogP contribution in [0.15, 0.2) is 89.9 Å². The van der Waals surface area contributed by atoms with Crippen LogP contribution >= 0.6 is 0 Å². The number of aliphatic imine (C=N–C) groups is 1. The van der Waals surface area contributed by atoms with Crippen molar-refractivity contribution in [2.45, 2.75) is 31.9 Å². The molecule has 0 radical (unpaired) electrons. The Bertz CT molecular complexity index is 1940. The van der Waals surface area contributed by atoms with Crippen molar-refractivity contribution in [1.29, 1.82) is 0 Å². The van der Waals surface area contributed by atoms with E-state index in [0.29, 0.717) is 22.3 Å². The first-order valence-electron chi connectivity index (χ1n) is 13.4. The quantitative estimate of drug-likeness (QED) is 0.178. The van der Waals surface area contributed by atoms with Gasteiger partial charge >= 0.3 is 0 Å². The Kier molecular flexibility index (Phi) is 5.08. The second kappa shape index (κ2) is 8.36. The molecule has 0 saturated heterocycles. The number of hydrogen-bond donors (Lipinski definition) is 0. The van der Waals surface area contributed by atoms with Crippen molar-refractivity contribution < 1.29 is 14.3 Å². The van der Waals surface area contributed by atoms with Crippen molar-refractivity contribution in [3.05, 3.63) is 102 Å². The first-order chi connectivity index (χ1) is 19.3. The molecule has 0 bridgehead atoms. The van der Waals surface area contributed by atoms with Crippen molar-refractivity contribution >= 4 is 51.2 Å². The van der Waals surface area contributed by atoms with Crippen molar-refractivity contribution in [3.63, 3.8) is 0 Å². The van der Waals surface area contributed by atoms with E-state index in [1.165, 1.54) is 12.5 Å². The van der Waals surface area contributed by atoms with E-state index in [0.717, 1.165) is 44.9 Å². The Hall–Kier alpha value is -4.77. The van der Waals surface area contributed by atoms with E-state index in [-0.39, 0.29) is 11.2 Å². The number of nitrogens with zero attached hydrogens (tertiary/aromatic N) is 2. The maximum Gasteiger partial charge on any atom is 0.228 e. The van der Waals surface area contributed by atoms with Crippen LogP contribution in [-0.4, -0.2) is 31.1 Å². The lowest BCUT2D eigenvalue weighted by atomic mass is 9.77. The van der Waals surface area contributed by atoms with Gasteiger partial charge in [-0.3, -0.25) is 14.6 Å². The van der Waals surface area contributed by atoms with Crippen LogP contribution in [0.5, 0.6) is 5.75 Å². The highest BCUT2D eigenvalue weighted by atomic mass is 16.5. The highest BCUT2D eigenvalue weighted by molar-refractivity contribution is 6.18. The summed E-state index contributed by atoms with van der Waals surface area (Å²) in [4.78, 5) is 31.8. The molecule has 40 heavy (non-hydrogen) atoms. The predicted molar refractivity (Wildman–Crippen MR) is 162 cm³/mol. The van der Waals surface area contributed by atoms with Crippen LogP contribution in [0.1, 0.15) is 47.1 Å². The number of hydrogen-bond acceptors (Lipinski definition) is 5. The standard InChI is InChI=1S/C35H28N2O3/c1-21(39)23-12-9-13-26-25(17-16-22(19-38)32(23)26)28-18-31-33(27-11-6-5-10-24(27)28)36-20-35(40-31)34(2,3)29-14-7-8-15-30(29)37(35)4/h5-20H,1-4H3. The van der Waals surface area contributed by atoms with Gasteiger partial charge in [-0.2, -0.15) is 0 Å². The first-order valence-corrected chi connectivity index (χ1v) is 13.4. The Labute approximate surface area is 232 Å². The first kappa shape index (κ1) is 24.3. The Morgan fingerprint density at radius 2 is 1.60 bits per heavy atom. The molecule has 0 fully saturated rings. The number of anilines is 1. The summed E-state index contributed by atoms with van der Waals surface area (Å²) in [5.41, 5.74) is 4.86. The van der Waals surface area contributed by atoms with Crippen LogP contribution in [0.25, 0.3) is 32.7 Å². The van der Waals surface area contributed by atoms with E-state index in [4.69, 9.17) is 9.73 Å². The minimum atomic E-state index is -0.811. The number of likely N-dealkylation sites (N-methyl/N-ethyl adjacent to an activating group) is 1. The third kappa shape index (κ3) is 3.06. The van der Waals surface area contributed by atoms with E-state index in [2.05, 4.69) is 62.2 Å². The van der Waals surface area contributed by atoms with Gasteiger partial charge in [0.1, 0.15) is 11.4 Å². The van der Waals surface area contributed by atoms with E-state index in [1.54, 1.807) is 12.1 Å². The molecule has 7 rings (SSSR count). The monoisotopic (exact) mass is 524 g/mol. The summed E-state index contributed by atoms with van der Waals surface area (Å²) in [6, 6.07) is 28.0. The number of carbonyl (C=O) groups is 2. The summed E-state index contributed by atoms with van der Waals surface area (Å²) in [5, 5.41) is 3.52. The molecule has 1 atom stereocenters. The fourth-order valence-corrected chi connectivity index (χ4v) is 6.70. The highest BCUT2D eigenvalue weighted by Gasteiger charge is 2.58. The van der Waals surface area contributed by atoms with Crippen LogP contribution in [0, 0.1) is 0 Å². The van der Waals surface area contributed by atoms with Crippen LogP contribution in [0.2, 0.25) is 0 Å². The molecular formula is C35H28N2O3. The molecule has 2 aliphatic heterocycles. The van der Waals surface area contributed by atoms with Crippen LogP contribution < -0.4 is 9.64 Å². The van der Waals surface area contributed by atoms with Crippen LogP contribution in [0.4, 0.5) is 11.4 Å². The maximum atomic E-state index is 12.6. The zero-order chi connectivity index (χ0) is 27.8. The fourth-order valence-electron chi connectivity index (χ4n) is 6.70. The molecule has 196 valence electrons. The summed E-state index contributed by atoms with van der Waals surface area (Å²) in [6.45, 7) is 5.93. The average molecular weight is 525 g/mol. The topological polar surface area (TPSA) is 59.0 Å². The van der Waals surface area contributed by atoms with Crippen molar-refractivity contribution in [2.24, 2.45) is 4.99 Å². The molecule has 5 aromatic carbocycles. The number of ketones is 1. The van der Waals surface area contributed by atoms with Crippen LogP contribution in [-0.2, 0) is 5.41 Å². The number of rotatable bonds is 3. The summed E-state index contributed by atoms with van der Waals surface area (Å²) >= 11 is 0. The SMILES string of the molecule is CC(=O)c1cccc2c(-c3cc4c(c5ccccc35)N=CC3(O4)N(C)c4ccccc4C3(C)C)ccc(C=O)c12. The number of carbonyl (C=O) groups excluding carboxylic acids is 2. The minimum Gasteiger partial charge on any atom is -0.459 e. The molecule has 1 unspecified atom stereocenters. The van der Waals surface area contributed by atoms with E-state index in [9.17, 15) is 9.59 Å². The molecule has 2 heterocycles. The van der Waals surface area contributed by atoms with Gasteiger partial charge < -0.3 is 9.64 Å². The van der Waals surface area contributed by atoms with Gasteiger partial charge in [-0.1, -0.05) is 72.8 Å². The number of Topliss-reactive ketones (excluding diaryl/α,β-unsaturated/α-hetero) is 1. The zero-order valence-corrected chi connectivity index (χ0v) is 22.9. The second-order valence-corrected chi connectivity index (χ2v) is 11.2. The minimum absolute atomic E-state index is 0.0770. The van der Waals surface area contributed by atoms with Gasteiger partial charge in [0.05, 0.1) is 11.6 Å². The molecule has 0 amide bonds. The van der Waals surface area contributed by atoms with Crippen LogP contribution in [0.3, 0.4) is 0 Å². The van der Waals surface area contributed by atoms with E-state index >= 15 is 0 Å². The Balaban J connectivity index is 1.50. The van der Waals surface area contributed by atoms with E-state index in [1.807, 2.05) is 42.6 Å². The Morgan fingerprint density at radius 3 is 2.35 bits per heavy atom. The molecule has 5 aromatic rings. The Morgan fingerprint density at radius 1 is 0.875 bits per heavy atom. The van der Waals surface area contributed by atoms with Gasteiger partial charge in [-0.25, -0.2) is 0 Å². The zero-order valence-electron chi connectivity index (χ0n) is 22.9. The van der Waals surface area contributed by atoms with Gasteiger partial charge in [0.25, 0.3) is 0 Å². The summed E-state index contributed by atoms with van der Waals surface area (Å²) in [7, 11) is 2.06. The molecule has 2 aliphatic rings. The second-order valence-electron chi connectivity index (χ2n) is 11.2. The third-order valence-electron chi connectivity index (χ3n) is 8.82. The molecular weight excluding hydrogens is 496 g/mol. The maximum absolute atomic E-state index is 12.6. The number of para-hydroxylation sites is 1. The lowest BCUT2D eigenvalue weighted by Gasteiger charge is -2.45. The van der Waals surface area contributed by atoms with Gasteiger partial charge in [0.15, 0.2) is 12.1 Å². The summed E-state index contributed by atoms with van der Waals surface area (Å²) in [5.74, 6) is 0.617. The normalized spacial score (nSPS) is 18.6. The summed E-state index contributed by atoms with van der Waals surface area (Å²) < 4.78 is 7.05. The molecule has 0 aliphatic carbocycles. The largest absolute Gasteiger partial charge is 0.459 e. The van der Waals surface area contributed by atoms with Crippen molar-refractivity contribution in [3.8, 4) is 16.9 Å². The summed E-state index contributed by atoms with van der Waals surface area (Å²) in [6.07, 6.45) is 2.77.